The van der Waals surface area contributed by atoms with Crippen molar-refractivity contribution < 1.29 is 4.79 Å². The van der Waals surface area contributed by atoms with Crippen molar-refractivity contribution >= 4 is 23.3 Å². The highest BCUT2D eigenvalue weighted by atomic mass is 35.5. The molecule has 104 valence electrons. The molecule has 1 aromatic rings. The van der Waals surface area contributed by atoms with Crippen LogP contribution in [0, 0.1) is 0 Å². The van der Waals surface area contributed by atoms with Gasteiger partial charge in [0.15, 0.2) is 5.82 Å². The Morgan fingerprint density at radius 2 is 2.16 bits per heavy atom. The first-order valence-corrected chi connectivity index (χ1v) is 6.67. The SMILES string of the molecule is CCN1CCN(C(=O)c2cnc(NN)c(Cl)c2)CC1. The van der Waals surface area contributed by atoms with E-state index in [4.69, 9.17) is 17.4 Å². The highest BCUT2D eigenvalue weighted by molar-refractivity contribution is 6.33. The molecule has 0 radical (unpaired) electrons. The lowest BCUT2D eigenvalue weighted by molar-refractivity contribution is 0.0643. The van der Waals surface area contributed by atoms with Crippen LogP contribution in [0.2, 0.25) is 5.02 Å². The van der Waals surface area contributed by atoms with Crippen molar-refractivity contribution in [2.24, 2.45) is 5.84 Å². The number of aromatic nitrogens is 1. The van der Waals surface area contributed by atoms with Gasteiger partial charge >= 0.3 is 0 Å². The molecule has 0 aromatic carbocycles. The van der Waals surface area contributed by atoms with Gasteiger partial charge in [-0.2, -0.15) is 0 Å². The van der Waals surface area contributed by atoms with E-state index in [0.29, 0.717) is 16.4 Å². The lowest BCUT2D eigenvalue weighted by atomic mass is 10.2. The number of hydrazine groups is 1. The summed E-state index contributed by atoms with van der Waals surface area (Å²) in [5.41, 5.74) is 2.87. The fourth-order valence-electron chi connectivity index (χ4n) is 2.11. The number of hydrogen-bond donors (Lipinski definition) is 2. The van der Waals surface area contributed by atoms with Gasteiger partial charge in [0.05, 0.1) is 10.6 Å². The number of hydrogen-bond acceptors (Lipinski definition) is 5. The van der Waals surface area contributed by atoms with E-state index < -0.39 is 0 Å². The third-order valence-electron chi connectivity index (χ3n) is 3.33. The number of anilines is 1. The minimum Gasteiger partial charge on any atom is -0.336 e. The Hall–Kier alpha value is -1.37. The molecule has 7 heteroatoms. The monoisotopic (exact) mass is 283 g/mol. The van der Waals surface area contributed by atoms with E-state index >= 15 is 0 Å². The summed E-state index contributed by atoms with van der Waals surface area (Å²) in [7, 11) is 0. The van der Waals surface area contributed by atoms with Crippen molar-refractivity contribution in [3.05, 3.63) is 22.8 Å². The molecule has 0 bridgehead atoms. The van der Waals surface area contributed by atoms with E-state index in [1.807, 2.05) is 4.90 Å². The van der Waals surface area contributed by atoms with Crippen molar-refractivity contribution in [3.8, 4) is 0 Å². The predicted octanol–water partition coefficient (Wildman–Crippen LogP) is 0.798. The second-order valence-corrected chi connectivity index (χ2v) is 4.83. The van der Waals surface area contributed by atoms with Crippen LogP contribution in [0.1, 0.15) is 17.3 Å². The highest BCUT2D eigenvalue weighted by Crippen LogP contribution is 2.20. The largest absolute Gasteiger partial charge is 0.336 e. The zero-order valence-electron chi connectivity index (χ0n) is 10.9. The van der Waals surface area contributed by atoms with E-state index in [1.165, 1.54) is 6.20 Å². The number of nitrogen functional groups attached to an aromatic ring is 1. The maximum Gasteiger partial charge on any atom is 0.255 e. The molecule has 1 saturated heterocycles. The molecule has 1 aliphatic rings. The summed E-state index contributed by atoms with van der Waals surface area (Å²) in [5, 5.41) is 0.348. The number of carbonyl (C=O) groups excluding carboxylic acids is 1. The van der Waals surface area contributed by atoms with Gasteiger partial charge in [-0.1, -0.05) is 18.5 Å². The van der Waals surface area contributed by atoms with Gasteiger partial charge < -0.3 is 15.2 Å². The van der Waals surface area contributed by atoms with Crippen molar-refractivity contribution in [2.75, 3.05) is 38.1 Å². The van der Waals surface area contributed by atoms with Gasteiger partial charge in [-0.15, -0.1) is 0 Å². The summed E-state index contributed by atoms with van der Waals surface area (Å²) in [6, 6.07) is 1.60. The lowest BCUT2D eigenvalue weighted by Gasteiger charge is -2.34. The van der Waals surface area contributed by atoms with Gasteiger partial charge in [0.25, 0.3) is 5.91 Å². The third-order valence-corrected chi connectivity index (χ3v) is 3.62. The van der Waals surface area contributed by atoms with Crippen LogP contribution in [-0.2, 0) is 0 Å². The fourth-order valence-corrected chi connectivity index (χ4v) is 2.33. The van der Waals surface area contributed by atoms with Crippen LogP contribution in [0.3, 0.4) is 0 Å². The summed E-state index contributed by atoms with van der Waals surface area (Å²) in [4.78, 5) is 20.5. The molecule has 19 heavy (non-hydrogen) atoms. The Kier molecular flexibility index (Phi) is 4.57. The molecule has 0 atom stereocenters. The summed E-state index contributed by atoms with van der Waals surface area (Å²) in [5.74, 6) is 5.59. The summed E-state index contributed by atoms with van der Waals surface area (Å²) in [6.07, 6.45) is 1.50. The van der Waals surface area contributed by atoms with Crippen LogP contribution < -0.4 is 11.3 Å². The minimum absolute atomic E-state index is 0.0336. The van der Waals surface area contributed by atoms with Gasteiger partial charge in [0, 0.05) is 32.4 Å². The van der Waals surface area contributed by atoms with Crippen LogP contribution in [0.5, 0.6) is 0 Å². The number of nitrogens with two attached hydrogens (primary N) is 1. The Labute approximate surface area is 117 Å². The number of halogens is 1. The minimum atomic E-state index is -0.0336. The predicted molar refractivity (Wildman–Crippen MR) is 75.1 cm³/mol. The van der Waals surface area contributed by atoms with Gasteiger partial charge in [-0.05, 0) is 12.6 Å². The molecule has 6 nitrogen and oxygen atoms in total. The molecule has 3 N–H and O–H groups in total. The molecule has 0 spiro atoms. The maximum atomic E-state index is 12.3. The zero-order chi connectivity index (χ0) is 13.8. The Morgan fingerprint density at radius 3 is 2.68 bits per heavy atom. The highest BCUT2D eigenvalue weighted by Gasteiger charge is 2.22. The van der Waals surface area contributed by atoms with Gasteiger partial charge in [0.1, 0.15) is 0 Å². The molecule has 1 amide bonds. The number of nitrogens with zero attached hydrogens (tertiary/aromatic N) is 3. The first-order chi connectivity index (χ1) is 9.15. The quantitative estimate of drug-likeness (QED) is 0.634. The van der Waals surface area contributed by atoms with Crippen LogP contribution >= 0.6 is 11.6 Å². The topological polar surface area (TPSA) is 74.5 Å². The maximum absolute atomic E-state index is 12.3. The van der Waals surface area contributed by atoms with E-state index in [0.717, 1.165) is 32.7 Å². The molecule has 2 heterocycles. The summed E-state index contributed by atoms with van der Waals surface area (Å²) >= 11 is 5.97. The Balaban J connectivity index is 2.06. The number of nitrogens with one attached hydrogen (secondary N) is 1. The van der Waals surface area contributed by atoms with Crippen molar-refractivity contribution in [2.45, 2.75) is 6.92 Å². The van der Waals surface area contributed by atoms with E-state index in [-0.39, 0.29) is 5.91 Å². The molecule has 1 fully saturated rings. The molecule has 2 rings (SSSR count). The molecule has 0 unspecified atom stereocenters. The van der Waals surface area contributed by atoms with Crippen molar-refractivity contribution in [1.82, 2.24) is 14.8 Å². The van der Waals surface area contributed by atoms with E-state index in [1.54, 1.807) is 6.07 Å². The number of piperazine rings is 1. The normalized spacial score (nSPS) is 16.5. The van der Waals surface area contributed by atoms with Crippen LogP contribution in [0.15, 0.2) is 12.3 Å². The molecule has 0 aliphatic carbocycles. The van der Waals surface area contributed by atoms with Crippen LogP contribution in [0.4, 0.5) is 5.82 Å². The molecule has 1 aliphatic heterocycles. The number of amides is 1. The van der Waals surface area contributed by atoms with Crippen molar-refractivity contribution in [1.29, 1.82) is 0 Å². The fraction of sp³-hybridized carbons (Fsp3) is 0.500. The average molecular weight is 284 g/mol. The van der Waals surface area contributed by atoms with Crippen LogP contribution in [0.25, 0.3) is 0 Å². The molecule has 1 aromatic heterocycles. The zero-order valence-corrected chi connectivity index (χ0v) is 11.7. The van der Waals surface area contributed by atoms with E-state index in [9.17, 15) is 4.79 Å². The first kappa shape index (κ1) is 14.0. The molecular formula is C12H18ClN5O. The molecule has 0 saturated carbocycles. The number of pyridine rings is 1. The first-order valence-electron chi connectivity index (χ1n) is 6.29. The van der Waals surface area contributed by atoms with Gasteiger partial charge in [-0.3, -0.25) is 4.79 Å². The standard InChI is InChI=1S/C12H18ClN5O/c1-2-17-3-5-18(6-4-17)12(19)9-7-10(13)11(16-14)15-8-9/h7-8H,2-6,14H2,1H3,(H,15,16). The van der Waals surface area contributed by atoms with Crippen LogP contribution in [-0.4, -0.2) is 53.4 Å². The third kappa shape index (κ3) is 3.15. The summed E-state index contributed by atoms with van der Waals surface area (Å²) in [6.45, 7) is 6.44. The summed E-state index contributed by atoms with van der Waals surface area (Å²) < 4.78 is 0. The average Bonchev–Trinajstić information content (AvgIpc) is 2.46. The lowest BCUT2D eigenvalue weighted by Crippen LogP contribution is -2.48. The number of likely N-dealkylation sites (N-methyl/N-ethyl adjacent to an activating group) is 1. The Morgan fingerprint density at radius 1 is 1.47 bits per heavy atom. The van der Waals surface area contributed by atoms with Crippen molar-refractivity contribution in [3.63, 3.8) is 0 Å². The van der Waals surface area contributed by atoms with E-state index in [2.05, 4.69) is 22.2 Å². The second-order valence-electron chi connectivity index (χ2n) is 4.43. The smallest absolute Gasteiger partial charge is 0.255 e. The van der Waals surface area contributed by atoms with Gasteiger partial charge in [0.2, 0.25) is 0 Å². The van der Waals surface area contributed by atoms with Gasteiger partial charge in [-0.25, -0.2) is 10.8 Å². The number of rotatable bonds is 3. The Bertz CT molecular complexity index is 459. The molecular weight excluding hydrogens is 266 g/mol. The number of carbonyl (C=O) groups is 1. The second kappa shape index (κ2) is 6.18.